The Kier molecular flexibility index (Phi) is 2.83. The fraction of sp³-hybridized carbons (Fsp3) is 0.533. The second kappa shape index (κ2) is 4.72. The molecule has 0 spiro atoms. The van der Waals surface area contributed by atoms with Crippen LogP contribution >= 0.6 is 0 Å². The number of anilines is 1. The third-order valence-corrected chi connectivity index (χ3v) is 5.00. The van der Waals surface area contributed by atoms with Crippen LogP contribution in [0.3, 0.4) is 0 Å². The molecular formula is C15H19N5O. The zero-order valence-electron chi connectivity index (χ0n) is 12.1. The van der Waals surface area contributed by atoms with Gasteiger partial charge in [-0.1, -0.05) is 6.42 Å². The van der Waals surface area contributed by atoms with Crippen LogP contribution in [0.1, 0.15) is 31.7 Å². The lowest BCUT2D eigenvalue weighted by molar-refractivity contribution is 0.304. The Hall–Kier alpha value is -2.11. The molecule has 0 saturated heterocycles. The second-order valence-corrected chi connectivity index (χ2v) is 6.15. The van der Waals surface area contributed by atoms with E-state index in [2.05, 4.69) is 15.5 Å². The normalized spacial score (nSPS) is 27.2. The SMILES string of the molecule is COc1cc(-c2nnnn2C2CC3CCC2C3)ccc1N. The van der Waals surface area contributed by atoms with Crippen molar-refractivity contribution < 1.29 is 4.74 Å². The second-order valence-electron chi connectivity index (χ2n) is 6.15. The summed E-state index contributed by atoms with van der Waals surface area (Å²) in [5.41, 5.74) is 7.46. The number of nitrogens with two attached hydrogens (primary N) is 1. The van der Waals surface area contributed by atoms with E-state index in [4.69, 9.17) is 10.5 Å². The summed E-state index contributed by atoms with van der Waals surface area (Å²) in [7, 11) is 1.62. The molecule has 21 heavy (non-hydrogen) atoms. The lowest BCUT2D eigenvalue weighted by Gasteiger charge is -2.22. The minimum Gasteiger partial charge on any atom is -0.495 e. The van der Waals surface area contributed by atoms with Gasteiger partial charge in [-0.25, -0.2) is 4.68 Å². The Bertz CT molecular complexity index is 668. The van der Waals surface area contributed by atoms with Crippen LogP contribution in [0.5, 0.6) is 5.75 Å². The smallest absolute Gasteiger partial charge is 0.182 e. The Morgan fingerprint density at radius 1 is 1.29 bits per heavy atom. The number of fused-ring (bicyclic) bond motifs is 2. The molecule has 1 heterocycles. The zero-order chi connectivity index (χ0) is 14.4. The number of nitrogens with zero attached hydrogens (tertiary/aromatic N) is 4. The molecule has 2 fully saturated rings. The molecular weight excluding hydrogens is 266 g/mol. The van der Waals surface area contributed by atoms with Gasteiger partial charge in [-0.3, -0.25) is 0 Å². The summed E-state index contributed by atoms with van der Waals surface area (Å²) >= 11 is 0. The van der Waals surface area contributed by atoms with E-state index < -0.39 is 0 Å². The molecule has 110 valence electrons. The van der Waals surface area contributed by atoms with Gasteiger partial charge in [0.25, 0.3) is 0 Å². The molecule has 2 bridgehead atoms. The lowest BCUT2D eigenvalue weighted by Crippen LogP contribution is -2.18. The predicted octanol–water partition coefficient (Wildman–Crippen LogP) is 2.29. The Morgan fingerprint density at radius 3 is 2.90 bits per heavy atom. The van der Waals surface area contributed by atoms with Gasteiger partial charge in [-0.15, -0.1) is 5.10 Å². The standard InChI is InChI=1S/C15H19N5O/c1-21-14-8-11(4-5-12(14)16)15-17-18-19-20(15)13-7-9-2-3-10(13)6-9/h4-5,8-10,13H,2-3,6-7,16H2,1H3. The summed E-state index contributed by atoms with van der Waals surface area (Å²) in [4.78, 5) is 0. The predicted molar refractivity (Wildman–Crippen MR) is 78.7 cm³/mol. The maximum atomic E-state index is 5.88. The van der Waals surface area contributed by atoms with Crippen LogP contribution in [0, 0.1) is 11.8 Å². The number of hydrogen-bond donors (Lipinski definition) is 1. The monoisotopic (exact) mass is 285 g/mol. The summed E-state index contributed by atoms with van der Waals surface area (Å²) in [6, 6.07) is 6.14. The minimum absolute atomic E-state index is 0.442. The fourth-order valence-corrected chi connectivity index (χ4v) is 3.97. The van der Waals surface area contributed by atoms with Gasteiger partial charge >= 0.3 is 0 Å². The summed E-state index contributed by atoms with van der Waals surface area (Å²) < 4.78 is 7.30. The van der Waals surface area contributed by atoms with Crippen LogP contribution in [-0.4, -0.2) is 27.3 Å². The van der Waals surface area contributed by atoms with Crippen LogP contribution in [0.4, 0.5) is 5.69 Å². The number of nitrogen functional groups attached to an aromatic ring is 1. The van der Waals surface area contributed by atoms with E-state index in [1.165, 1.54) is 25.7 Å². The summed E-state index contributed by atoms with van der Waals surface area (Å²) in [6.45, 7) is 0. The van der Waals surface area contributed by atoms with Gasteiger partial charge in [0.2, 0.25) is 0 Å². The highest BCUT2D eigenvalue weighted by Crippen LogP contribution is 2.51. The van der Waals surface area contributed by atoms with Crippen LogP contribution in [0.2, 0.25) is 0 Å². The number of hydrogen-bond acceptors (Lipinski definition) is 5. The van der Waals surface area contributed by atoms with Crippen molar-refractivity contribution in [1.82, 2.24) is 20.2 Å². The van der Waals surface area contributed by atoms with Crippen molar-refractivity contribution >= 4 is 5.69 Å². The van der Waals surface area contributed by atoms with E-state index in [0.717, 1.165) is 23.2 Å². The number of ether oxygens (including phenoxy) is 1. The molecule has 2 N–H and O–H groups in total. The largest absolute Gasteiger partial charge is 0.495 e. The first-order valence-electron chi connectivity index (χ1n) is 7.48. The first-order valence-corrected chi connectivity index (χ1v) is 7.48. The maximum absolute atomic E-state index is 5.88. The van der Waals surface area contributed by atoms with E-state index in [1.54, 1.807) is 7.11 Å². The highest BCUT2D eigenvalue weighted by Gasteiger charge is 2.42. The van der Waals surface area contributed by atoms with E-state index >= 15 is 0 Å². The molecule has 6 heteroatoms. The van der Waals surface area contributed by atoms with Gasteiger partial charge in [0.15, 0.2) is 5.82 Å². The minimum atomic E-state index is 0.442. The highest BCUT2D eigenvalue weighted by molar-refractivity contribution is 5.65. The molecule has 2 aliphatic rings. The summed E-state index contributed by atoms with van der Waals surface area (Å²) in [5.74, 6) is 3.06. The van der Waals surface area contributed by atoms with Gasteiger partial charge in [0.1, 0.15) is 5.75 Å². The summed E-state index contributed by atoms with van der Waals surface area (Å²) in [5, 5.41) is 12.4. The Labute approximate surface area is 123 Å². The van der Waals surface area contributed by atoms with Gasteiger partial charge in [0.05, 0.1) is 18.8 Å². The van der Waals surface area contributed by atoms with Crippen molar-refractivity contribution in [3.8, 4) is 17.1 Å². The van der Waals surface area contributed by atoms with Crippen LogP contribution in [0.25, 0.3) is 11.4 Å². The quantitative estimate of drug-likeness (QED) is 0.875. The van der Waals surface area contributed by atoms with Crippen LogP contribution in [-0.2, 0) is 0 Å². The van der Waals surface area contributed by atoms with Gasteiger partial charge < -0.3 is 10.5 Å². The first-order chi connectivity index (χ1) is 10.3. The molecule has 0 radical (unpaired) electrons. The average Bonchev–Trinajstić information content (AvgIpc) is 3.23. The maximum Gasteiger partial charge on any atom is 0.182 e. The molecule has 1 aromatic heterocycles. The third kappa shape index (κ3) is 1.97. The number of methoxy groups -OCH3 is 1. The van der Waals surface area contributed by atoms with E-state index in [9.17, 15) is 0 Å². The highest BCUT2D eigenvalue weighted by atomic mass is 16.5. The number of aromatic nitrogens is 4. The van der Waals surface area contributed by atoms with Crippen molar-refractivity contribution in [2.45, 2.75) is 31.7 Å². The van der Waals surface area contributed by atoms with Crippen molar-refractivity contribution in [3.63, 3.8) is 0 Å². The third-order valence-electron chi connectivity index (χ3n) is 5.00. The van der Waals surface area contributed by atoms with Crippen LogP contribution < -0.4 is 10.5 Å². The molecule has 4 rings (SSSR count). The van der Waals surface area contributed by atoms with Gasteiger partial charge in [-0.2, -0.15) is 0 Å². The molecule has 0 amide bonds. The fourth-order valence-electron chi connectivity index (χ4n) is 3.97. The van der Waals surface area contributed by atoms with E-state index in [-0.39, 0.29) is 0 Å². The molecule has 2 aromatic rings. The molecule has 2 saturated carbocycles. The van der Waals surface area contributed by atoms with Gasteiger partial charge in [0, 0.05) is 5.56 Å². The van der Waals surface area contributed by atoms with Crippen LogP contribution in [0.15, 0.2) is 18.2 Å². The molecule has 0 aliphatic heterocycles. The number of benzene rings is 1. The van der Waals surface area contributed by atoms with Crippen molar-refractivity contribution in [2.24, 2.45) is 11.8 Å². The number of tetrazole rings is 1. The van der Waals surface area contributed by atoms with Crippen molar-refractivity contribution in [2.75, 3.05) is 12.8 Å². The average molecular weight is 285 g/mol. The van der Waals surface area contributed by atoms with E-state index in [0.29, 0.717) is 17.5 Å². The first kappa shape index (κ1) is 12.6. The lowest BCUT2D eigenvalue weighted by atomic mass is 9.95. The molecule has 6 nitrogen and oxygen atoms in total. The number of rotatable bonds is 3. The van der Waals surface area contributed by atoms with Crippen molar-refractivity contribution in [1.29, 1.82) is 0 Å². The topological polar surface area (TPSA) is 78.9 Å². The molecule has 1 aromatic carbocycles. The molecule has 3 atom stereocenters. The zero-order valence-corrected chi connectivity index (χ0v) is 12.1. The summed E-state index contributed by atoms with van der Waals surface area (Å²) in [6.07, 6.45) is 5.21. The Balaban J connectivity index is 1.72. The van der Waals surface area contributed by atoms with Crippen molar-refractivity contribution in [3.05, 3.63) is 18.2 Å². The molecule has 3 unspecified atom stereocenters. The van der Waals surface area contributed by atoms with Gasteiger partial charge in [-0.05, 0) is 59.7 Å². The van der Waals surface area contributed by atoms with E-state index in [1.807, 2.05) is 22.9 Å². The molecule has 2 aliphatic carbocycles. The Morgan fingerprint density at radius 2 is 2.19 bits per heavy atom.